The van der Waals surface area contributed by atoms with Crippen molar-refractivity contribution in [2.45, 2.75) is 13.0 Å². The molecule has 0 fully saturated rings. The van der Waals surface area contributed by atoms with Crippen molar-refractivity contribution in [3.8, 4) is 0 Å². The van der Waals surface area contributed by atoms with E-state index in [4.69, 9.17) is 4.74 Å². The first kappa shape index (κ1) is 15.8. The number of benzene rings is 2. The van der Waals surface area contributed by atoms with Gasteiger partial charge in [0, 0.05) is 17.1 Å². The molecule has 0 bridgehead atoms. The maximum atomic E-state index is 12.2. The quantitative estimate of drug-likeness (QED) is 0.709. The molecule has 1 heterocycles. The number of fused-ring (bicyclic) bond motifs is 1. The summed E-state index contributed by atoms with van der Waals surface area (Å²) in [5, 5.41) is 3.59. The van der Waals surface area contributed by atoms with Gasteiger partial charge in [-0.1, -0.05) is 48.5 Å². The first-order valence-electron chi connectivity index (χ1n) is 7.72. The number of hydrogen-bond donors (Lipinski definition) is 2. The molecule has 2 N–H and O–H groups in total. The third kappa shape index (κ3) is 3.46. The van der Waals surface area contributed by atoms with Crippen molar-refractivity contribution in [3.63, 3.8) is 0 Å². The molecular formula is C19H18N2O3. The van der Waals surface area contributed by atoms with Crippen molar-refractivity contribution in [1.82, 2.24) is 10.3 Å². The van der Waals surface area contributed by atoms with E-state index in [1.807, 2.05) is 61.5 Å². The minimum Gasteiger partial charge on any atom is -0.452 e. The summed E-state index contributed by atoms with van der Waals surface area (Å²) < 4.78 is 5.12. The molecule has 1 aromatic heterocycles. The zero-order valence-electron chi connectivity index (χ0n) is 13.3. The maximum Gasteiger partial charge on any atom is 0.340 e. The minimum absolute atomic E-state index is 0.148. The molecule has 0 aliphatic heterocycles. The van der Waals surface area contributed by atoms with Gasteiger partial charge in [0.25, 0.3) is 5.91 Å². The number of ether oxygens (including phenoxy) is 1. The number of carbonyl (C=O) groups excluding carboxylic acids is 2. The highest BCUT2D eigenvalue weighted by molar-refractivity contribution is 6.04. The standard InChI is InChI=1S/C19H18N2O3/c1-13(14-7-3-2-4-8-14)21-18(22)12-24-19(23)16-11-20-17-10-6-5-9-15(16)17/h2-11,13,20H,12H2,1H3,(H,21,22)/t13-/m0/s1. The second kappa shape index (κ2) is 7.00. The molecule has 2 aromatic carbocycles. The molecule has 0 saturated carbocycles. The highest BCUT2D eigenvalue weighted by Crippen LogP contribution is 2.18. The Bertz CT molecular complexity index is 855. The fraction of sp³-hybridized carbons (Fsp3) is 0.158. The molecule has 3 aromatic rings. The van der Waals surface area contributed by atoms with Gasteiger partial charge in [-0.3, -0.25) is 4.79 Å². The Kier molecular flexibility index (Phi) is 4.61. The summed E-state index contributed by atoms with van der Waals surface area (Å²) in [6.07, 6.45) is 1.59. The van der Waals surface area contributed by atoms with E-state index in [-0.39, 0.29) is 18.6 Å². The Morgan fingerprint density at radius 1 is 1.08 bits per heavy atom. The van der Waals surface area contributed by atoms with Crippen molar-refractivity contribution in [1.29, 1.82) is 0 Å². The monoisotopic (exact) mass is 322 g/mol. The SMILES string of the molecule is C[C@H](NC(=O)COC(=O)c1c[nH]c2ccccc12)c1ccccc1. The molecule has 0 radical (unpaired) electrons. The van der Waals surface area contributed by atoms with Crippen molar-refractivity contribution in [2.75, 3.05) is 6.61 Å². The van der Waals surface area contributed by atoms with E-state index >= 15 is 0 Å². The summed E-state index contributed by atoms with van der Waals surface area (Å²) in [5.41, 5.74) is 2.27. The number of aromatic amines is 1. The van der Waals surface area contributed by atoms with Crippen LogP contribution >= 0.6 is 0 Å². The molecule has 122 valence electrons. The smallest absolute Gasteiger partial charge is 0.340 e. The largest absolute Gasteiger partial charge is 0.452 e. The lowest BCUT2D eigenvalue weighted by Gasteiger charge is -2.14. The number of aromatic nitrogens is 1. The van der Waals surface area contributed by atoms with Gasteiger partial charge >= 0.3 is 5.97 Å². The van der Waals surface area contributed by atoms with Gasteiger partial charge in [-0.25, -0.2) is 4.79 Å². The fourth-order valence-corrected chi connectivity index (χ4v) is 2.56. The molecule has 1 atom stereocenters. The molecule has 5 nitrogen and oxygen atoms in total. The Labute approximate surface area is 139 Å². The summed E-state index contributed by atoms with van der Waals surface area (Å²) in [5.74, 6) is -0.852. The van der Waals surface area contributed by atoms with E-state index in [1.54, 1.807) is 6.20 Å². The summed E-state index contributed by atoms with van der Waals surface area (Å²) in [6.45, 7) is 1.57. The first-order chi connectivity index (χ1) is 11.6. The van der Waals surface area contributed by atoms with Crippen LogP contribution in [0.5, 0.6) is 0 Å². The molecule has 0 saturated heterocycles. The van der Waals surface area contributed by atoms with Gasteiger partial charge < -0.3 is 15.0 Å². The molecule has 24 heavy (non-hydrogen) atoms. The van der Waals surface area contributed by atoms with Crippen molar-refractivity contribution < 1.29 is 14.3 Å². The average Bonchev–Trinajstić information content (AvgIpc) is 3.04. The van der Waals surface area contributed by atoms with E-state index in [1.165, 1.54) is 0 Å². The van der Waals surface area contributed by atoms with Gasteiger partial charge in [0.1, 0.15) is 0 Å². The molecule has 5 heteroatoms. The van der Waals surface area contributed by atoms with Crippen LogP contribution in [0.1, 0.15) is 28.9 Å². The number of carbonyl (C=O) groups is 2. The number of esters is 1. The van der Waals surface area contributed by atoms with Gasteiger partial charge in [0.2, 0.25) is 0 Å². The number of hydrogen-bond acceptors (Lipinski definition) is 3. The van der Waals surface area contributed by atoms with Crippen LogP contribution in [0.4, 0.5) is 0 Å². The Morgan fingerprint density at radius 3 is 2.58 bits per heavy atom. The van der Waals surface area contributed by atoms with Crippen LogP contribution in [0.25, 0.3) is 10.9 Å². The molecular weight excluding hydrogens is 304 g/mol. The van der Waals surface area contributed by atoms with Gasteiger partial charge in [0.05, 0.1) is 11.6 Å². The predicted octanol–water partition coefficient (Wildman–Crippen LogP) is 3.20. The van der Waals surface area contributed by atoms with Crippen molar-refractivity contribution >= 4 is 22.8 Å². The molecule has 3 rings (SSSR count). The molecule has 1 amide bonds. The minimum atomic E-state index is -0.519. The number of rotatable bonds is 5. The lowest BCUT2D eigenvalue weighted by Crippen LogP contribution is -2.31. The Morgan fingerprint density at radius 2 is 1.79 bits per heavy atom. The Balaban J connectivity index is 1.57. The van der Waals surface area contributed by atoms with Crippen LogP contribution in [0.3, 0.4) is 0 Å². The highest BCUT2D eigenvalue weighted by Gasteiger charge is 2.16. The normalized spacial score (nSPS) is 11.9. The van der Waals surface area contributed by atoms with Crippen LogP contribution in [0.2, 0.25) is 0 Å². The van der Waals surface area contributed by atoms with Gasteiger partial charge in [0.15, 0.2) is 6.61 Å². The number of amides is 1. The maximum absolute atomic E-state index is 12.2. The second-order valence-corrected chi connectivity index (χ2v) is 5.52. The lowest BCUT2D eigenvalue weighted by atomic mass is 10.1. The third-order valence-electron chi connectivity index (χ3n) is 3.82. The molecule has 0 aliphatic carbocycles. The highest BCUT2D eigenvalue weighted by atomic mass is 16.5. The summed E-state index contributed by atoms with van der Waals surface area (Å²) in [6, 6.07) is 16.9. The molecule has 0 unspecified atom stereocenters. The van der Waals surface area contributed by atoms with Gasteiger partial charge in [-0.2, -0.15) is 0 Å². The predicted molar refractivity (Wildman–Crippen MR) is 91.6 cm³/mol. The van der Waals surface area contributed by atoms with Crippen LogP contribution < -0.4 is 5.32 Å². The Hall–Kier alpha value is -3.08. The van der Waals surface area contributed by atoms with Crippen LogP contribution in [0.15, 0.2) is 60.8 Å². The summed E-state index contributed by atoms with van der Waals surface area (Å²) in [7, 11) is 0. The average molecular weight is 322 g/mol. The van der Waals surface area contributed by atoms with Gasteiger partial charge in [-0.05, 0) is 18.6 Å². The second-order valence-electron chi connectivity index (χ2n) is 5.52. The summed E-state index contributed by atoms with van der Waals surface area (Å²) in [4.78, 5) is 27.1. The third-order valence-corrected chi connectivity index (χ3v) is 3.82. The lowest BCUT2D eigenvalue weighted by molar-refractivity contribution is -0.124. The summed E-state index contributed by atoms with van der Waals surface area (Å²) >= 11 is 0. The van der Waals surface area contributed by atoms with E-state index in [2.05, 4.69) is 10.3 Å². The van der Waals surface area contributed by atoms with Crippen molar-refractivity contribution in [2.24, 2.45) is 0 Å². The van der Waals surface area contributed by atoms with Crippen LogP contribution in [-0.4, -0.2) is 23.5 Å². The fourth-order valence-electron chi connectivity index (χ4n) is 2.56. The van der Waals surface area contributed by atoms with Crippen LogP contribution in [-0.2, 0) is 9.53 Å². The van der Waals surface area contributed by atoms with Crippen LogP contribution in [0, 0.1) is 0 Å². The zero-order chi connectivity index (χ0) is 16.9. The van der Waals surface area contributed by atoms with E-state index < -0.39 is 5.97 Å². The van der Waals surface area contributed by atoms with Gasteiger partial charge in [-0.15, -0.1) is 0 Å². The number of para-hydroxylation sites is 1. The molecule has 0 aliphatic rings. The van der Waals surface area contributed by atoms with E-state index in [0.29, 0.717) is 5.56 Å². The molecule has 0 spiro atoms. The topological polar surface area (TPSA) is 71.2 Å². The zero-order valence-corrected chi connectivity index (χ0v) is 13.3. The van der Waals surface area contributed by atoms with Crippen molar-refractivity contribution in [3.05, 3.63) is 71.9 Å². The van der Waals surface area contributed by atoms with E-state index in [9.17, 15) is 9.59 Å². The first-order valence-corrected chi connectivity index (χ1v) is 7.72. The number of nitrogens with one attached hydrogen (secondary N) is 2. The number of H-pyrrole nitrogens is 1. The van der Waals surface area contributed by atoms with E-state index in [0.717, 1.165) is 16.5 Å².